The van der Waals surface area contributed by atoms with Crippen molar-refractivity contribution in [2.45, 2.75) is 13.5 Å². The number of nitrogens with one attached hydrogen (secondary N) is 2. The predicted molar refractivity (Wildman–Crippen MR) is 60.3 cm³/mol. The van der Waals surface area contributed by atoms with Gasteiger partial charge in [-0.1, -0.05) is 12.1 Å². The summed E-state index contributed by atoms with van der Waals surface area (Å²) >= 11 is 0. The molecule has 0 saturated carbocycles. The third-order valence-electron chi connectivity index (χ3n) is 1.92. The van der Waals surface area contributed by atoms with Crippen LogP contribution in [0.25, 0.3) is 0 Å². The maximum Gasteiger partial charge on any atom is 0.191 e. The summed E-state index contributed by atoms with van der Waals surface area (Å²) in [5.74, 6) is 0.509. The number of hydrogen-bond donors (Lipinski definition) is 2. The summed E-state index contributed by atoms with van der Waals surface area (Å²) in [6, 6.07) is 6.51. The summed E-state index contributed by atoms with van der Waals surface area (Å²) in [4.78, 5) is 4.02. The van der Waals surface area contributed by atoms with E-state index in [1.54, 1.807) is 13.1 Å². The van der Waals surface area contributed by atoms with Crippen molar-refractivity contribution >= 4 is 5.96 Å². The van der Waals surface area contributed by atoms with E-state index in [0.717, 1.165) is 18.1 Å². The Balaban J connectivity index is 2.49. The van der Waals surface area contributed by atoms with Crippen molar-refractivity contribution in [3.05, 3.63) is 35.6 Å². The molecule has 3 nitrogen and oxygen atoms in total. The molecule has 0 aliphatic rings. The summed E-state index contributed by atoms with van der Waals surface area (Å²) in [6.45, 7) is 3.37. The molecule has 15 heavy (non-hydrogen) atoms. The van der Waals surface area contributed by atoms with Crippen LogP contribution in [0.2, 0.25) is 0 Å². The van der Waals surface area contributed by atoms with Gasteiger partial charge in [0.25, 0.3) is 0 Å². The Kier molecular flexibility index (Phi) is 4.60. The Morgan fingerprint density at radius 3 is 2.80 bits per heavy atom. The van der Waals surface area contributed by atoms with Gasteiger partial charge in [-0.2, -0.15) is 0 Å². The van der Waals surface area contributed by atoms with Crippen LogP contribution in [0, 0.1) is 5.82 Å². The average molecular weight is 209 g/mol. The van der Waals surface area contributed by atoms with Crippen molar-refractivity contribution in [3.63, 3.8) is 0 Å². The van der Waals surface area contributed by atoms with Crippen LogP contribution < -0.4 is 10.6 Å². The second-order valence-electron chi connectivity index (χ2n) is 3.09. The van der Waals surface area contributed by atoms with E-state index < -0.39 is 0 Å². The molecule has 1 aromatic carbocycles. The summed E-state index contributed by atoms with van der Waals surface area (Å²) in [5.41, 5.74) is 0.897. The number of guanidine groups is 1. The first-order chi connectivity index (χ1) is 7.26. The molecule has 0 unspecified atom stereocenters. The van der Waals surface area contributed by atoms with Gasteiger partial charge in [0.2, 0.25) is 0 Å². The lowest BCUT2D eigenvalue weighted by molar-refractivity contribution is 0.624. The second-order valence-corrected chi connectivity index (χ2v) is 3.09. The molecule has 0 amide bonds. The van der Waals surface area contributed by atoms with Gasteiger partial charge < -0.3 is 10.6 Å². The molecule has 0 aliphatic carbocycles. The molecule has 0 atom stereocenters. The van der Waals surface area contributed by atoms with Crippen LogP contribution in [0.15, 0.2) is 29.3 Å². The zero-order valence-corrected chi connectivity index (χ0v) is 9.05. The van der Waals surface area contributed by atoms with E-state index in [9.17, 15) is 4.39 Å². The molecule has 1 rings (SSSR count). The highest BCUT2D eigenvalue weighted by atomic mass is 19.1. The Morgan fingerprint density at radius 2 is 2.20 bits per heavy atom. The first-order valence-electron chi connectivity index (χ1n) is 4.95. The Bertz CT molecular complexity index is 336. The molecular formula is C11H16FN3. The van der Waals surface area contributed by atoms with Crippen molar-refractivity contribution in [3.8, 4) is 0 Å². The fraction of sp³-hybridized carbons (Fsp3) is 0.364. The highest BCUT2D eigenvalue weighted by Gasteiger charge is 1.97. The largest absolute Gasteiger partial charge is 0.357 e. The predicted octanol–water partition coefficient (Wildman–Crippen LogP) is 1.51. The van der Waals surface area contributed by atoms with Crippen molar-refractivity contribution < 1.29 is 4.39 Å². The Labute approximate surface area is 89.4 Å². The number of aliphatic imine (C=N–C) groups is 1. The van der Waals surface area contributed by atoms with Gasteiger partial charge in [0, 0.05) is 20.1 Å². The fourth-order valence-electron chi connectivity index (χ4n) is 1.22. The summed E-state index contributed by atoms with van der Waals surface area (Å²) in [6.07, 6.45) is 0. The van der Waals surface area contributed by atoms with Crippen LogP contribution in [0.3, 0.4) is 0 Å². The molecule has 2 N–H and O–H groups in total. The minimum Gasteiger partial charge on any atom is -0.357 e. The Morgan fingerprint density at radius 1 is 1.40 bits per heavy atom. The van der Waals surface area contributed by atoms with Crippen molar-refractivity contribution in [1.29, 1.82) is 0 Å². The molecule has 0 aromatic heterocycles. The molecule has 0 aliphatic heterocycles. The lowest BCUT2D eigenvalue weighted by Crippen LogP contribution is -2.36. The number of halogens is 1. The monoisotopic (exact) mass is 209 g/mol. The van der Waals surface area contributed by atoms with Crippen molar-refractivity contribution in [1.82, 2.24) is 10.6 Å². The molecule has 0 radical (unpaired) electrons. The van der Waals surface area contributed by atoms with E-state index in [0.29, 0.717) is 6.54 Å². The minimum atomic E-state index is -0.215. The van der Waals surface area contributed by atoms with E-state index in [-0.39, 0.29) is 5.82 Å². The molecule has 82 valence electrons. The number of nitrogens with zero attached hydrogens (tertiary/aromatic N) is 1. The molecule has 0 heterocycles. The minimum absolute atomic E-state index is 0.215. The van der Waals surface area contributed by atoms with Gasteiger partial charge in [-0.05, 0) is 24.6 Å². The normalized spacial score (nSPS) is 11.3. The van der Waals surface area contributed by atoms with Crippen LogP contribution in [-0.4, -0.2) is 19.6 Å². The van der Waals surface area contributed by atoms with E-state index in [1.165, 1.54) is 12.1 Å². The molecule has 4 heteroatoms. The third kappa shape index (κ3) is 3.97. The third-order valence-corrected chi connectivity index (χ3v) is 1.92. The number of rotatable bonds is 3. The second kappa shape index (κ2) is 6.01. The molecular weight excluding hydrogens is 193 g/mol. The summed E-state index contributed by atoms with van der Waals surface area (Å²) in [5, 5.41) is 6.15. The molecule has 0 spiro atoms. The summed E-state index contributed by atoms with van der Waals surface area (Å²) < 4.78 is 12.8. The van der Waals surface area contributed by atoms with E-state index >= 15 is 0 Å². The van der Waals surface area contributed by atoms with Gasteiger partial charge in [-0.25, -0.2) is 4.39 Å². The van der Waals surface area contributed by atoms with Gasteiger partial charge in [0.1, 0.15) is 5.82 Å². The van der Waals surface area contributed by atoms with Gasteiger partial charge in [-0.15, -0.1) is 0 Å². The van der Waals surface area contributed by atoms with Crippen LogP contribution in [0.4, 0.5) is 4.39 Å². The molecule has 1 aromatic rings. The average Bonchev–Trinajstić information content (AvgIpc) is 2.24. The number of benzene rings is 1. The van der Waals surface area contributed by atoms with Crippen LogP contribution >= 0.6 is 0 Å². The maximum atomic E-state index is 12.8. The van der Waals surface area contributed by atoms with E-state index in [4.69, 9.17) is 0 Å². The fourth-order valence-corrected chi connectivity index (χ4v) is 1.22. The quantitative estimate of drug-likeness (QED) is 0.585. The standard InChI is InChI=1S/C11H16FN3/c1-3-14-11(13-2)15-8-9-5-4-6-10(12)7-9/h4-7H,3,8H2,1-2H3,(H2,13,14,15). The van der Waals surface area contributed by atoms with Crippen molar-refractivity contribution in [2.24, 2.45) is 4.99 Å². The lowest BCUT2D eigenvalue weighted by Gasteiger charge is -2.09. The van der Waals surface area contributed by atoms with Gasteiger partial charge >= 0.3 is 0 Å². The SMILES string of the molecule is CCNC(=NC)NCc1cccc(F)c1. The van der Waals surface area contributed by atoms with Crippen LogP contribution in [-0.2, 0) is 6.54 Å². The molecule has 0 saturated heterocycles. The topological polar surface area (TPSA) is 36.4 Å². The van der Waals surface area contributed by atoms with E-state index in [1.807, 2.05) is 13.0 Å². The lowest BCUT2D eigenvalue weighted by atomic mass is 10.2. The highest BCUT2D eigenvalue weighted by Crippen LogP contribution is 2.02. The smallest absolute Gasteiger partial charge is 0.191 e. The van der Waals surface area contributed by atoms with Gasteiger partial charge in [0.15, 0.2) is 5.96 Å². The van der Waals surface area contributed by atoms with Gasteiger partial charge in [0.05, 0.1) is 0 Å². The first kappa shape index (κ1) is 11.5. The zero-order chi connectivity index (χ0) is 11.1. The highest BCUT2D eigenvalue weighted by molar-refractivity contribution is 5.79. The molecule has 0 bridgehead atoms. The first-order valence-corrected chi connectivity index (χ1v) is 4.95. The number of hydrogen-bond acceptors (Lipinski definition) is 1. The maximum absolute atomic E-state index is 12.8. The summed E-state index contributed by atoms with van der Waals surface area (Å²) in [7, 11) is 1.70. The zero-order valence-electron chi connectivity index (χ0n) is 9.05. The Hall–Kier alpha value is -1.58. The van der Waals surface area contributed by atoms with Crippen LogP contribution in [0.1, 0.15) is 12.5 Å². The molecule has 0 fully saturated rings. The van der Waals surface area contributed by atoms with Crippen LogP contribution in [0.5, 0.6) is 0 Å². The van der Waals surface area contributed by atoms with Gasteiger partial charge in [-0.3, -0.25) is 4.99 Å². The van der Waals surface area contributed by atoms with E-state index in [2.05, 4.69) is 15.6 Å². The van der Waals surface area contributed by atoms with Crippen molar-refractivity contribution in [2.75, 3.05) is 13.6 Å².